The van der Waals surface area contributed by atoms with Crippen LogP contribution in [-0.4, -0.2) is 43.9 Å². The minimum Gasteiger partial charge on any atom is -0.489 e. The largest absolute Gasteiger partial charge is 0.489 e. The van der Waals surface area contributed by atoms with E-state index >= 15 is 0 Å². The third-order valence-corrected chi connectivity index (χ3v) is 8.31. The number of rotatable bonds is 11. The number of Topliss-reactive ketones (excluding diaryl/α,β-unsaturated/α-hetero) is 1. The van der Waals surface area contributed by atoms with Gasteiger partial charge < -0.3 is 18.6 Å². The first-order valence-corrected chi connectivity index (χ1v) is 16.6. The Morgan fingerprint density at radius 1 is 0.840 bits per heavy atom. The molecular weight excluding hydrogens is 685 g/mol. The molecule has 0 N–H and O–H groups in total. The molecule has 2 heterocycles. The van der Waals surface area contributed by atoms with Gasteiger partial charge in [-0.15, -0.1) is 5.10 Å². The zero-order chi connectivity index (χ0) is 36.4. The number of aryl methyl sites for hydroxylation is 1. The van der Waals surface area contributed by atoms with E-state index in [9.17, 15) is 19.2 Å². The van der Waals surface area contributed by atoms with E-state index in [1.165, 1.54) is 6.07 Å². The second-order valence-corrected chi connectivity index (χ2v) is 14.7. The maximum atomic E-state index is 14.1. The van der Waals surface area contributed by atoms with Crippen LogP contribution in [0.15, 0.2) is 75.9 Å². The summed E-state index contributed by atoms with van der Waals surface area (Å²) in [4.78, 5) is 55.5. The highest BCUT2D eigenvalue weighted by atomic mass is 35.5. The summed E-state index contributed by atoms with van der Waals surface area (Å²) in [7, 11) is 0. The number of aromatic nitrogens is 3. The van der Waals surface area contributed by atoms with Gasteiger partial charge in [0.1, 0.15) is 34.7 Å². The summed E-state index contributed by atoms with van der Waals surface area (Å²) in [5, 5.41) is 9.83. The van der Waals surface area contributed by atoms with Crippen molar-refractivity contribution in [2.24, 2.45) is 5.41 Å². The van der Waals surface area contributed by atoms with E-state index in [2.05, 4.69) is 10.3 Å². The number of ketones is 1. The smallest absolute Gasteiger partial charge is 0.324 e. The van der Waals surface area contributed by atoms with Crippen LogP contribution in [0.1, 0.15) is 70.5 Å². The number of ether oxygens (including phenoxy) is 3. The Bertz CT molecular complexity index is 2110. The predicted octanol–water partition coefficient (Wildman–Crippen LogP) is 7.76. The summed E-state index contributed by atoms with van der Waals surface area (Å²) in [6.45, 7) is 9.84. The molecule has 0 spiro atoms. The fourth-order valence-electron chi connectivity index (χ4n) is 5.14. The van der Waals surface area contributed by atoms with Gasteiger partial charge in [0.25, 0.3) is 5.56 Å². The summed E-state index contributed by atoms with van der Waals surface area (Å²) >= 11 is 12.1. The van der Waals surface area contributed by atoms with Crippen LogP contribution in [-0.2, 0) is 32.2 Å². The Morgan fingerprint density at radius 3 is 2.18 bits per heavy atom. The third kappa shape index (κ3) is 8.51. The Balaban J connectivity index is 1.47. The van der Waals surface area contributed by atoms with Crippen molar-refractivity contribution in [3.05, 3.63) is 98.5 Å². The summed E-state index contributed by atoms with van der Waals surface area (Å²) in [6, 6.07) is 18.4. The van der Waals surface area contributed by atoms with Crippen molar-refractivity contribution in [1.29, 1.82) is 0 Å². The van der Waals surface area contributed by atoms with Crippen molar-refractivity contribution in [3.8, 4) is 5.75 Å². The van der Waals surface area contributed by atoms with Crippen molar-refractivity contribution >= 4 is 62.8 Å². The number of hydrogen-bond acceptors (Lipinski definition) is 10. The molecule has 0 aliphatic heterocycles. The lowest BCUT2D eigenvalue weighted by Crippen LogP contribution is -2.49. The molecule has 50 heavy (non-hydrogen) atoms. The van der Waals surface area contributed by atoms with E-state index in [1.54, 1.807) is 102 Å². The molecule has 3 aromatic carbocycles. The molecule has 5 aromatic rings. The fourth-order valence-corrected chi connectivity index (χ4v) is 5.46. The maximum absolute atomic E-state index is 14.1. The van der Waals surface area contributed by atoms with Crippen LogP contribution >= 0.6 is 23.2 Å². The Kier molecular flexibility index (Phi) is 10.4. The molecule has 0 amide bonds. The van der Waals surface area contributed by atoms with E-state index < -0.39 is 46.3 Å². The van der Waals surface area contributed by atoms with Gasteiger partial charge in [-0.2, -0.15) is 0 Å². The first kappa shape index (κ1) is 36.5. The van der Waals surface area contributed by atoms with E-state index in [-0.39, 0.29) is 25.3 Å². The monoisotopic (exact) mass is 721 g/mol. The molecule has 0 saturated carbocycles. The predicted molar refractivity (Wildman–Crippen MR) is 188 cm³/mol. The molecule has 0 fully saturated rings. The first-order valence-electron chi connectivity index (χ1n) is 15.9. The highest BCUT2D eigenvalue weighted by Gasteiger charge is 2.53. The van der Waals surface area contributed by atoms with Gasteiger partial charge in [-0.3, -0.25) is 19.2 Å². The SMILES string of the molecule is CC(C)(C)OC(=O)C(CCn1nnc2ccccc2c1=O)(CC(=O)c1cc2cc(OCc3ccc(Cl)c(Cl)c3)ccc2o1)C(=O)OC(C)(C)C. The highest BCUT2D eigenvalue weighted by molar-refractivity contribution is 6.42. The Morgan fingerprint density at radius 2 is 1.52 bits per heavy atom. The molecule has 5 rings (SSSR count). The minimum atomic E-state index is -2.18. The number of furan rings is 1. The van der Waals surface area contributed by atoms with Crippen molar-refractivity contribution in [1.82, 2.24) is 15.0 Å². The topological polar surface area (TPSA) is 140 Å². The number of halogens is 2. The summed E-state index contributed by atoms with van der Waals surface area (Å²) in [5.74, 6) is -2.22. The standard InChI is InChI=1S/C37H37Cl2N3O8/c1-35(2,3)49-33(45)37(34(46)50-36(4,5)6,15-16-42-32(44)25-9-7-8-10-28(25)40-41-42)20-29(43)31-19-23-18-24(12-14-30(23)48-31)47-21-22-11-13-26(38)27(39)17-22/h7-14,17-19H,15-16,20-21H2,1-6H3. The molecular formula is C37H37Cl2N3O8. The van der Waals surface area contributed by atoms with Crippen LogP contribution in [0.4, 0.5) is 0 Å². The third-order valence-electron chi connectivity index (χ3n) is 7.57. The van der Waals surface area contributed by atoms with Crippen molar-refractivity contribution in [2.45, 2.75) is 78.7 Å². The molecule has 262 valence electrons. The summed E-state index contributed by atoms with van der Waals surface area (Å²) < 4.78 is 24.3. The van der Waals surface area contributed by atoms with Crippen LogP contribution in [0, 0.1) is 5.41 Å². The maximum Gasteiger partial charge on any atom is 0.324 e. The normalized spacial score (nSPS) is 12.2. The molecule has 0 aliphatic rings. The van der Waals surface area contributed by atoms with Gasteiger partial charge in [-0.1, -0.05) is 46.6 Å². The number of nitrogens with zero attached hydrogens (tertiary/aromatic N) is 3. The Labute approximate surface area is 298 Å². The number of carbonyl (C=O) groups excluding carboxylic acids is 3. The van der Waals surface area contributed by atoms with E-state index in [4.69, 9.17) is 41.8 Å². The van der Waals surface area contributed by atoms with Crippen LogP contribution in [0.25, 0.3) is 21.9 Å². The van der Waals surface area contributed by atoms with Gasteiger partial charge in [-0.25, -0.2) is 4.68 Å². The summed E-state index contributed by atoms with van der Waals surface area (Å²) in [5.41, 5.74) is -3.13. The fraction of sp³-hybridized carbons (Fsp3) is 0.351. The lowest BCUT2D eigenvalue weighted by Gasteiger charge is -2.34. The molecule has 11 nitrogen and oxygen atoms in total. The zero-order valence-electron chi connectivity index (χ0n) is 28.5. The number of esters is 2. The van der Waals surface area contributed by atoms with E-state index in [0.29, 0.717) is 37.7 Å². The van der Waals surface area contributed by atoms with Gasteiger partial charge in [0, 0.05) is 18.4 Å². The molecule has 0 saturated heterocycles. The highest BCUT2D eigenvalue weighted by Crippen LogP contribution is 2.37. The number of carbonyl (C=O) groups is 3. The van der Waals surface area contributed by atoms with Crippen molar-refractivity contribution < 1.29 is 33.0 Å². The van der Waals surface area contributed by atoms with E-state index in [1.807, 2.05) is 0 Å². The van der Waals surface area contributed by atoms with Gasteiger partial charge in [0.2, 0.25) is 0 Å². The van der Waals surface area contributed by atoms with Crippen LogP contribution in [0.2, 0.25) is 10.0 Å². The van der Waals surface area contributed by atoms with Gasteiger partial charge >= 0.3 is 11.9 Å². The Hall–Kier alpha value is -4.74. The molecule has 0 atom stereocenters. The number of hydrogen-bond donors (Lipinski definition) is 0. The van der Waals surface area contributed by atoms with Gasteiger partial charge in [0.15, 0.2) is 17.0 Å². The van der Waals surface area contributed by atoms with Gasteiger partial charge in [-0.05, 0) is 102 Å². The van der Waals surface area contributed by atoms with Crippen molar-refractivity contribution in [3.63, 3.8) is 0 Å². The van der Waals surface area contributed by atoms with Gasteiger partial charge in [0.05, 0.1) is 15.4 Å². The quantitative estimate of drug-likeness (QED) is 0.0755. The lowest BCUT2D eigenvalue weighted by molar-refractivity contribution is -0.186. The molecule has 0 unspecified atom stereocenters. The average Bonchev–Trinajstić information content (AvgIpc) is 3.46. The van der Waals surface area contributed by atoms with Crippen molar-refractivity contribution in [2.75, 3.05) is 0 Å². The lowest BCUT2D eigenvalue weighted by atomic mass is 9.78. The van der Waals surface area contributed by atoms with Crippen LogP contribution in [0.3, 0.4) is 0 Å². The van der Waals surface area contributed by atoms with E-state index in [0.717, 1.165) is 10.2 Å². The minimum absolute atomic E-state index is 0.0965. The molecule has 2 aromatic heterocycles. The second-order valence-electron chi connectivity index (χ2n) is 13.9. The second kappa shape index (κ2) is 14.2. The molecule has 0 bridgehead atoms. The zero-order valence-corrected chi connectivity index (χ0v) is 30.1. The summed E-state index contributed by atoms with van der Waals surface area (Å²) in [6.07, 6.45) is -1.03. The first-order chi connectivity index (χ1) is 23.4. The van der Waals surface area contributed by atoms with Crippen LogP contribution < -0.4 is 10.3 Å². The molecule has 13 heteroatoms. The average molecular weight is 723 g/mol. The number of benzene rings is 3. The number of fused-ring (bicyclic) bond motifs is 2. The van der Waals surface area contributed by atoms with Crippen LogP contribution in [0.5, 0.6) is 5.75 Å². The molecule has 0 radical (unpaired) electrons. The molecule has 0 aliphatic carbocycles.